The molecule has 0 spiro atoms. The van der Waals surface area contributed by atoms with E-state index >= 15 is 0 Å². The summed E-state index contributed by atoms with van der Waals surface area (Å²) in [5.74, 6) is -1.15. The molecular formula is C27H34N2O5. The number of alkyl carbamates (subject to hydrolysis) is 1. The van der Waals surface area contributed by atoms with Gasteiger partial charge in [0.05, 0.1) is 0 Å². The molecule has 1 aliphatic rings. The van der Waals surface area contributed by atoms with Crippen LogP contribution in [0, 0.1) is 5.41 Å². The number of carboxylic acid groups (broad SMARTS) is 1. The molecule has 3 rings (SSSR count). The molecule has 1 aliphatic carbocycles. The molecule has 1 unspecified atom stereocenters. The van der Waals surface area contributed by atoms with Crippen molar-refractivity contribution in [2.45, 2.75) is 58.4 Å². The van der Waals surface area contributed by atoms with E-state index in [0.29, 0.717) is 12.8 Å². The Morgan fingerprint density at radius 2 is 1.59 bits per heavy atom. The highest BCUT2D eigenvalue weighted by molar-refractivity contribution is 5.79. The molecule has 0 fully saturated rings. The molecule has 2 aromatic rings. The summed E-state index contributed by atoms with van der Waals surface area (Å²) in [7, 11) is 0. The maximum atomic E-state index is 12.7. The maximum Gasteiger partial charge on any atom is 0.407 e. The van der Waals surface area contributed by atoms with Gasteiger partial charge in [-0.25, -0.2) is 4.79 Å². The molecule has 0 heterocycles. The predicted octanol–water partition coefficient (Wildman–Crippen LogP) is 4.70. The van der Waals surface area contributed by atoms with E-state index in [1.54, 1.807) is 0 Å². The summed E-state index contributed by atoms with van der Waals surface area (Å²) >= 11 is 0. The molecular weight excluding hydrogens is 432 g/mol. The lowest BCUT2D eigenvalue weighted by Gasteiger charge is -2.26. The van der Waals surface area contributed by atoms with Crippen LogP contribution in [-0.4, -0.2) is 42.3 Å². The number of carbonyl (C=O) groups is 3. The molecule has 2 amide bonds. The number of aliphatic carboxylic acids is 1. The zero-order valence-corrected chi connectivity index (χ0v) is 20.1. The predicted molar refractivity (Wildman–Crippen MR) is 131 cm³/mol. The minimum absolute atomic E-state index is 0.00367. The maximum absolute atomic E-state index is 12.7. The van der Waals surface area contributed by atoms with Gasteiger partial charge in [0.15, 0.2) is 0 Å². The average molecular weight is 467 g/mol. The first kappa shape index (κ1) is 25.3. The van der Waals surface area contributed by atoms with Crippen LogP contribution in [0.2, 0.25) is 0 Å². The second-order valence-corrected chi connectivity index (χ2v) is 9.98. The summed E-state index contributed by atoms with van der Waals surface area (Å²) < 4.78 is 5.64. The van der Waals surface area contributed by atoms with Gasteiger partial charge in [-0.05, 0) is 40.5 Å². The van der Waals surface area contributed by atoms with Crippen molar-refractivity contribution in [2.75, 3.05) is 13.2 Å². The van der Waals surface area contributed by atoms with Crippen molar-refractivity contribution in [1.82, 2.24) is 10.6 Å². The van der Waals surface area contributed by atoms with Gasteiger partial charge in [0.1, 0.15) is 6.61 Å². The zero-order valence-electron chi connectivity index (χ0n) is 20.1. The van der Waals surface area contributed by atoms with Crippen molar-refractivity contribution in [3.8, 4) is 11.1 Å². The number of hydrogen-bond acceptors (Lipinski definition) is 4. The highest BCUT2D eigenvalue weighted by Gasteiger charge is 2.30. The molecule has 7 heteroatoms. The number of fused-ring (bicyclic) bond motifs is 3. The monoisotopic (exact) mass is 466 g/mol. The average Bonchev–Trinajstić information content (AvgIpc) is 3.08. The number of carbonyl (C=O) groups excluding carboxylic acids is 2. The summed E-state index contributed by atoms with van der Waals surface area (Å²) in [4.78, 5) is 35.7. The Hall–Kier alpha value is -3.35. The molecule has 0 radical (unpaired) electrons. The molecule has 34 heavy (non-hydrogen) atoms. The van der Waals surface area contributed by atoms with Gasteiger partial charge < -0.3 is 20.5 Å². The van der Waals surface area contributed by atoms with Crippen molar-refractivity contribution >= 4 is 18.0 Å². The van der Waals surface area contributed by atoms with Crippen LogP contribution in [0.4, 0.5) is 4.79 Å². The second-order valence-electron chi connectivity index (χ2n) is 9.98. The van der Waals surface area contributed by atoms with Gasteiger partial charge in [-0.1, -0.05) is 69.3 Å². The Morgan fingerprint density at radius 3 is 2.15 bits per heavy atom. The van der Waals surface area contributed by atoms with Gasteiger partial charge in [-0.2, -0.15) is 0 Å². The first-order valence-electron chi connectivity index (χ1n) is 11.7. The Morgan fingerprint density at radius 1 is 1.00 bits per heavy atom. The summed E-state index contributed by atoms with van der Waals surface area (Å²) in [6.45, 7) is 6.64. The Kier molecular flexibility index (Phi) is 8.31. The van der Waals surface area contributed by atoms with Gasteiger partial charge >= 0.3 is 12.1 Å². The van der Waals surface area contributed by atoms with Crippen LogP contribution in [0.25, 0.3) is 11.1 Å². The van der Waals surface area contributed by atoms with E-state index in [0.717, 1.165) is 22.3 Å². The number of amides is 2. The third-order valence-electron chi connectivity index (χ3n) is 5.85. The number of benzene rings is 2. The van der Waals surface area contributed by atoms with Crippen LogP contribution in [0.1, 0.15) is 63.5 Å². The van der Waals surface area contributed by atoms with Gasteiger partial charge in [0, 0.05) is 31.3 Å². The topological polar surface area (TPSA) is 105 Å². The lowest BCUT2D eigenvalue weighted by atomic mass is 9.87. The van der Waals surface area contributed by atoms with Crippen molar-refractivity contribution in [3.05, 3.63) is 59.7 Å². The van der Waals surface area contributed by atoms with Gasteiger partial charge in [-0.15, -0.1) is 0 Å². The minimum Gasteiger partial charge on any atom is -0.481 e. The van der Waals surface area contributed by atoms with Crippen LogP contribution < -0.4 is 10.6 Å². The summed E-state index contributed by atoms with van der Waals surface area (Å²) in [6, 6.07) is 15.9. The number of hydrogen-bond donors (Lipinski definition) is 3. The fourth-order valence-corrected chi connectivity index (χ4v) is 4.48. The van der Waals surface area contributed by atoms with E-state index in [1.165, 1.54) is 0 Å². The van der Waals surface area contributed by atoms with E-state index in [9.17, 15) is 14.4 Å². The first-order valence-corrected chi connectivity index (χ1v) is 11.7. The third kappa shape index (κ3) is 7.07. The molecule has 0 saturated heterocycles. The second kappa shape index (κ2) is 11.2. The number of rotatable bonds is 10. The molecule has 2 aromatic carbocycles. The minimum atomic E-state index is -0.892. The molecule has 7 nitrogen and oxygen atoms in total. The van der Waals surface area contributed by atoms with E-state index in [1.807, 2.05) is 45.0 Å². The summed E-state index contributed by atoms with van der Waals surface area (Å²) in [5, 5.41) is 14.3. The third-order valence-corrected chi connectivity index (χ3v) is 5.85. The van der Waals surface area contributed by atoms with E-state index in [2.05, 4.69) is 34.9 Å². The van der Waals surface area contributed by atoms with Crippen LogP contribution in [-0.2, 0) is 14.3 Å². The highest BCUT2D eigenvalue weighted by Crippen LogP contribution is 2.44. The van der Waals surface area contributed by atoms with Crippen molar-refractivity contribution < 1.29 is 24.2 Å². The summed E-state index contributed by atoms with van der Waals surface area (Å²) in [5.41, 5.74) is 4.51. The van der Waals surface area contributed by atoms with Crippen molar-refractivity contribution in [1.29, 1.82) is 0 Å². The standard InChI is InChI=1S/C27H34N2O5/c1-27(2,3)16-18(15-24(30)28-14-8-13-25(31)32)29-26(33)34-17-23-21-11-6-4-9-19(21)20-10-5-7-12-22(20)23/h4-7,9-12,18,23H,8,13-17H2,1-3H3,(H,28,30)(H,29,33)(H,31,32). The lowest BCUT2D eigenvalue weighted by molar-refractivity contribution is -0.137. The zero-order chi connectivity index (χ0) is 24.7. The molecule has 0 saturated carbocycles. The van der Waals surface area contributed by atoms with Gasteiger partial charge in [-0.3, -0.25) is 9.59 Å². The number of carboxylic acids is 1. The quantitative estimate of drug-likeness (QED) is 0.440. The molecule has 0 aromatic heterocycles. The van der Waals surface area contributed by atoms with Crippen LogP contribution in [0.15, 0.2) is 48.5 Å². The van der Waals surface area contributed by atoms with E-state index in [4.69, 9.17) is 9.84 Å². The molecule has 0 aliphatic heterocycles. The smallest absolute Gasteiger partial charge is 0.407 e. The molecule has 0 bridgehead atoms. The largest absolute Gasteiger partial charge is 0.481 e. The number of nitrogens with one attached hydrogen (secondary N) is 2. The lowest BCUT2D eigenvalue weighted by Crippen LogP contribution is -2.42. The van der Waals surface area contributed by atoms with Crippen molar-refractivity contribution in [2.24, 2.45) is 5.41 Å². The fourth-order valence-electron chi connectivity index (χ4n) is 4.48. The fraction of sp³-hybridized carbons (Fsp3) is 0.444. The Labute approximate surface area is 200 Å². The number of ether oxygens (including phenoxy) is 1. The normalized spacial score (nSPS) is 13.5. The first-order chi connectivity index (χ1) is 16.1. The van der Waals surface area contributed by atoms with Gasteiger partial charge in [0.25, 0.3) is 0 Å². The van der Waals surface area contributed by atoms with E-state index in [-0.39, 0.29) is 43.2 Å². The highest BCUT2D eigenvalue weighted by atomic mass is 16.5. The Bertz CT molecular complexity index is 982. The SMILES string of the molecule is CC(C)(C)CC(CC(=O)NCCCC(=O)O)NC(=O)OCC1c2ccccc2-c2ccccc21. The van der Waals surface area contributed by atoms with E-state index < -0.39 is 18.1 Å². The summed E-state index contributed by atoms with van der Waals surface area (Å²) in [6.07, 6.45) is 0.526. The molecule has 1 atom stereocenters. The Balaban J connectivity index is 1.58. The van der Waals surface area contributed by atoms with Crippen LogP contribution in [0.3, 0.4) is 0 Å². The van der Waals surface area contributed by atoms with Crippen molar-refractivity contribution in [3.63, 3.8) is 0 Å². The van der Waals surface area contributed by atoms with Crippen LogP contribution in [0.5, 0.6) is 0 Å². The van der Waals surface area contributed by atoms with Crippen LogP contribution >= 0.6 is 0 Å². The molecule has 3 N–H and O–H groups in total. The van der Waals surface area contributed by atoms with Gasteiger partial charge in [0.2, 0.25) is 5.91 Å². The molecule has 182 valence electrons.